The van der Waals surface area contributed by atoms with Gasteiger partial charge in [-0.2, -0.15) is 0 Å². The number of nitrogens with one attached hydrogen (secondary N) is 1. The Labute approximate surface area is 130 Å². The van der Waals surface area contributed by atoms with Crippen molar-refractivity contribution >= 4 is 11.6 Å². The van der Waals surface area contributed by atoms with Gasteiger partial charge in [0.15, 0.2) is 0 Å². The van der Waals surface area contributed by atoms with Crippen LogP contribution in [0, 0.1) is 6.92 Å². The van der Waals surface area contributed by atoms with Gasteiger partial charge in [0.1, 0.15) is 17.0 Å². The molecule has 1 amide bonds. The maximum absolute atomic E-state index is 12.2. The molecule has 0 aromatic carbocycles. The molecular weight excluding hydrogens is 278 g/mol. The standard InChI is InChI=1S/C17H23N3O2/c1-12-7-5-10-20-13(12)11-18-14(20)17(8-6-9-17)19-15(21)22-16(2,3)4/h5,7,10-11H,6,8-9H2,1-4H3,(H,19,21). The summed E-state index contributed by atoms with van der Waals surface area (Å²) in [5.41, 5.74) is 1.34. The summed E-state index contributed by atoms with van der Waals surface area (Å²) < 4.78 is 7.49. The first-order valence-electron chi connectivity index (χ1n) is 7.75. The third kappa shape index (κ3) is 2.56. The van der Waals surface area contributed by atoms with Crippen LogP contribution in [-0.2, 0) is 10.3 Å². The van der Waals surface area contributed by atoms with Crippen molar-refractivity contribution in [3.05, 3.63) is 35.9 Å². The third-order valence-electron chi connectivity index (χ3n) is 4.16. The summed E-state index contributed by atoms with van der Waals surface area (Å²) in [6.45, 7) is 7.67. The van der Waals surface area contributed by atoms with Crippen LogP contribution in [0.3, 0.4) is 0 Å². The molecule has 2 heterocycles. The van der Waals surface area contributed by atoms with E-state index >= 15 is 0 Å². The molecule has 1 aliphatic carbocycles. The first kappa shape index (κ1) is 14.9. The molecular formula is C17H23N3O2. The fourth-order valence-corrected chi connectivity index (χ4v) is 2.95. The van der Waals surface area contributed by atoms with Crippen LogP contribution >= 0.6 is 0 Å². The Bertz CT molecular complexity index is 708. The highest BCUT2D eigenvalue weighted by molar-refractivity contribution is 5.69. The average Bonchev–Trinajstić information content (AvgIpc) is 2.77. The molecule has 22 heavy (non-hydrogen) atoms. The minimum absolute atomic E-state index is 0.378. The molecule has 0 radical (unpaired) electrons. The number of carbonyl (C=O) groups is 1. The maximum atomic E-state index is 12.2. The summed E-state index contributed by atoms with van der Waals surface area (Å²) in [5, 5.41) is 3.06. The number of amides is 1. The molecule has 2 aromatic heterocycles. The first-order chi connectivity index (χ1) is 10.3. The minimum atomic E-state index is -0.500. The van der Waals surface area contributed by atoms with Crippen molar-refractivity contribution in [3.63, 3.8) is 0 Å². The van der Waals surface area contributed by atoms with Gasteiger partial charge in [-0.15, -0.1) is 0 Å². The molecule has 0 spiro atoms. The van der Waals surface area contributed by atoms with Gasteiger partial charge >= 0.3 is 6.09 Å². The predicted octanol–water partition coefficient (Wildman–Crippen LogP) is 3.55. The van der Waals surface area contributed by atoms with Gasteiger partial charge in [-0.25, -0.2) is 9.78 Å². The van der Waals surface area contributed by atoms with Gasteiger partial charge in [0, 0.05) is 6.20 Å². The first-order valence-corrected chi connectivity index (χ1v) is 7.75. The highest BCUT2D eigenvalue weighted by Gasteiger charge is 2.44. The SMILES string of the molecule is Cc1cccn2c(C3(NC(=O)OC(C)(C)C)CCC3)ncc12. The fraction of sp³-hybridized carbons (Fsp3) is 0.529. The maximum Gasteiger partial charge on any atom is 0.408 e. The van der Waals surface area contributed by atoms with Gasteiger partial charge in [0.05, 0.1) is 11.7 Å². The van der Waals surface area contributed by atoms with Gasteiger partial charge in [0.2, 0.25) is 0 Å². The largest absolute Gasteiger partial charge is 0.444 e. The summed E-state index contributed by atoms with van der Waals surface area (Å²) >= 11 is 0. The van der Waals surface area contributed by atoms with Crippen molar-refractivity contribution in [1.29, 1.82) is 0 Å². The van der Waals surface area contributed by atoms with Gasteiger partial charge in [-0.3, -0.25) is 0 Å². The smallest absolute Gasteiger partial charge is 0.408 e. The summed E-state index contributed by atoms with van der Waals surface area (Å²) in [4.78, 5) is 16.8. The number of pyridine rings is 1. The number of fused-ring (bicyclic) bond motifs is 1. The van der Waals surface area contributed by atoms with Crippen molar-refractivity contribution < 1.29 is 9.53 Å². The molecule has 1 fully saturated rings. The van der Waals surface area contributed by atoms with E-state index in [1.807, 2.05) is 39.2 Å². The molecule has 0 unspecified atom stereocenters. The summed E-state index contributed by atoms with van der Waals surface area (Å²) in [6.07, 6.45) is 6.36. The van der Waals surface area contributed by atoms with Gasteiger partial charge in [-0.1, -0.05) is 6.07 Å². The number of hydrogen-bond acceptors (Lipinski definition) is 3. The third-order valence-corrected chi connectivity index (χ3v) is 4.16. The van der Waals surface area contributed by atoms with Gasteiger partial charge in [-0.05, 0) is 58.6 Å². The Kier molecular flexibility index (Phi) is 3.38. The van der Waals surface area contributed by atoms with Crippen molar-refractivity contribution in [2.75, 3.05) is 0 Å². The summed E-state index contributed by atoms with van der Waals surface area (Å²) in [7, 11) is 0. The highest BCUT2D eigenvalue weighted by atomic mass is 16.6. The zero-order valence-corrected chi connectivity index (χ0v) is 13.6. The van der Waals surface area contributed by atoms with E-state index in [0.29, 0.717) is 0 Å². The molecule has 0 atom stereocenters. The Hall–Kier alpha value is -2.04. The molecule has 118 valence electrons. The normalized spacial score (nSPS) is 17.1. The molecule has 5 nitrogen and oxygen atoms in total. The molecule has 3 rings (SSSR count). The summed E-state index contributed by atoms with van der Waals surface area (Å²) in [6, 6.07) is 4.07. The van der Waals surface area contributed by atoms with E-state index in [2.05, 4.69) is 27.7 Å². The lowest BCUT2D eigenvalue weighted by Crippen LogP contribution is -2.53. The van der Waals surface area contributed by atoms with E-state index in [1.54, 1.807) is 0 Å². The zero-order valence-electron chi connectivity index (χ0n) is 13.6. The Morgan fingerprint density at radius 2 is 2.14 bits per heavy atom. The lowest BCUT2D eigenvalue weighted by atomic mass is 9.76. The average molecular weight is 301 g/mol. The van der Waals surface area contributed by atoms with E-state index in [9.17, 15) is 4.79 Å². The van der Waals surface area contributed by atoms with Crippen LogP contribution in [0.4, 0.5) is 4.79 Å². The van der Waals surface area contributed by atoms with E-state index in [0.717, 1.165) is 30.6 Å². The minimum Gasteiger partial charge on any atom is -0.444 e. The zero-order chi connectivity index (χ0) is 16.0. The number of carbonyl (C=O) groups excluding carboxylic acids is 1. The lowest BCUT2D eigenvalue weighted by Gasteiger charge is -2.41. The van der Waals surface area contributed by atoms with Crippen LogP contribution < -0.4 is 5.32 Å². The molecule has 0 bridgehead atoms. The number of hydrogen-bond donors (Lipinski definition) is 1. The van der Waals surface area contributed by atoms with Gasteiger partial charge < -0.3 is 14.5 Å². The second kappa shape index (κ2) is 5.00. The molecule has 2 aromatic rings. The Morgan fingerprint density at radius 1 is 1.41 bits per heavy atom. The fourth-order valence-electron chi connectivity index (χ4n) is 2.95. The Balaban J connectivity index is 1.92. The molecule has 5 heteroatoms. The van der Waals surface area contributed by atoms with Crippen LogP contribution in [0.15, 0.2) is 24.5 Å². The van der Waals surface area contributed by atoms with Crippen LogP contribution in [0.25, 0.3) is 5.52 Å². The monoisotopic (exact) mass is 301 g/mol. The number of aromatic nitrogens is 2. The number of imidazole rings is 1. The van der Waals surface area contributed by atoms with E-state index in [1.165, 1.54) is 5.56 Å². The second-order valence-corrected chi connectivity index (χ2v) is 7.09. The van der Waals surface area contributed by atoms with Crippen molar-refractivity contribution in [1.82, 2.24) is 14.7 Å². The highest BCUT2D eigenvalue weighted by Crippen LogP contribution is 2.41. The van der Waals surface area contributed by atoms with Crippen molar-refractivity contribution in [2.45, 2.75) is 58.1 Å². The predicted molar refractivity (Wildman–Crippen MR) is 84.8 cm³/mol. The van der Waals surface area contributed by atoms with E-state index in [4.69, 9.17) is 4.74 Å². The number of alkyl carbamates (subject to hydrolysis) is 1. The number of ether oxygens (including phenoxy) is 1. The number of aryl methyl sites for hydroxylation is 1. The van der Waals surface area contributed by atoms with Crippen molar-refractivity contribution in [3.8, 4) is 0 Å². The molecule has 0 aliphatic heterocycles. The molecule has 1 N–H and O–H groups in total. The Morgan fingerprint density at radius 3 is 2.73 bits per heavy atom. The van der Waals surface area contributed by atoms with Gasteiger partial charge in [0.25, 0.3) is 0 Å². The topological polar surface area (TPSA) is 55.6 Å². The van der Waals surface area contributed by atoms with Crippen LogP contribution in [0.2, 0.25) is 0 Å². The van der Waals surface area contributed by atoms with Crippen LogP contribution in [0.1, 0.15) is 51.4 Å². The second-order valence-electron chi connectivity index (χ2n) is 7.09. The van der Waals surface area contributed by atoms with Crippen LogP contribution in [0.5, 0.6) is 0 Å². The number of rotatable bonds is 2. The molecule has 1 aliphatic rings. The quantitative estimate of drug-likeness (QED) is 0.923. The molecule has 0 saturated heterocycles. The van der Waals surface area contributed by atoms with E-state index in [-0.39, 0.29) is 6.09 Å². The van der Waals surface area contributed by atoms with Crippen molar-refractivity contribution in [2.24, 2.45) is 0 Å². The number of nitrogens with zero attached hydrogens (tertiary/aromatic N) is 2. The van der Waals surface area contributed by atoms with E-state index < -0.39 is 11.1 Å². The summed E-state index contributed by atoms with van der Waals surface area (Å²) in [5.74, 6) is 0.892. The molecule has 1 saturated carbocycles. The lowest BCUT2D eigenvalue weighted by molar-refractivity contribution is 0.0364. The van der Waals surface area contributed by atoms with Crippen LogP contribution in [-0.4, -0.2) is 21.1 Å².